The second kappa shape index (κ2) is 10.6. The molecule has 0 aliphatic carbocycles. The van der Waals surface area contributed by atoms with E-state index in [4.69, 9.17) is 31.2 Å². The second-order valence-corrected chi connectivity index (χ2v) is 5.58. The van der Waals surface area contributed by atoms with E-state index in [0.717, 1.165) is 0 Å². The van der Waals surface area contributed by atoms with Crippen LogP contribution >= 0.6 is 12.2 Å². The van der Waals surface area contributed by atoms with Gasteiger partial charge in [-0.3, -0.25) is 15.6 Å². The molecule has 0 heterocycles. The largest absolute Gasteiger partial charge is 0.493 e. The summed E-state index contributed by atoms with van der Waals surface area (Å²) in [4.78, 5) is 12.1. The smallest absolute Gasteiger partial charge is 0.242 e. The van der Waals surface area contributed by atoms with Crippen LogP contribution in [0.1, 0.15) is 12.5 Å². The number of hydrazine groups is 1. The fraction of sp³-hybridized carbons (Fsp3) is 0.500. The van der Waals surface area contributed by atoms with Crippen LogP contribution in [0.25, 0.3) is 0 Å². The Morgan fingerprint density at radius 3 is 2.32 bits per heavy atom. The third kappa shape index (κ3) is 6.28. The molecule has 0 saturated carbocycles. The lowest BCUT2D eigenvalue weighted by atomic mass is 10.1. The van der Waals surface area contributed by atoms with Crippen LogP contribution in [0.5, 0.6) is 17.2 Å². The van der Waals surface area contributed by atoms with Crippen LogP contribution in [-0.4, -0.2) is 52.1 Å². The zero-order valence-electron chi connectivity index (χ0n) is 15.1. The van der Waals surface area contributed by atoms with Gasteiger partial charge in [0.05, 0.1) is 34.4 Å². The molecule has 25 heavy (non-hydrogen) atoms. The van der Waals surface area contributed by atoms with Gasteiger partial charge in [0, 0.05) is 18.7 Å². The van der Waals surface area contributed by atoms with Crippen molar-refractivity contribution in [2.75, 3.05) is 35.0 Å². The van der Waals surface area contributed by atoms with Crippen molar-refractivity contribution < 1.29 is 23.7 Å². The van der Waals surface area contributed by atoms with Gasteiger partial charge in [-0.05, 0) is 25.2 Å². The molecule has 0 aliphatic heterocycles. The molecule has 0 spiro atoms. The van der Waals surface area contributed by atoms with Gasteiger partial charge in [0.15, 0.2) is 16.6 Å². The van der Waals surface area contributed by atoms with Gasteiger partial charge in [-0.2, -0.15) is 0 Å². The minimum Gasteiger partial charge on any atom is -0.493 e. The number of rotatable bonds is 8. The Balaban J connectivity index is 2.67. The van der Waals surface area contributed by atoms with Crippen LogP contribution in [0.15, 0.2) is 12.1 Å². The average molecular weight is 371 g/mol. The molecule has 0 saturated heterocycles. The zero-order chi connectivity index (χ0) is 18.8. The van der Waals surface area contributed by atoms with Crippen LogP contribution in [0.4, 0.5) is 0 Å². The lowest BCUT2D eigenvalue weighted by Gasteiger charge is -2.17. The van der Waals surface area contributed by atoms with E-state index in [-0.39, 0.29) is 18.4 Å². The maximum Gasteiger partial charge on any atom is 0.242 e. The number of thiocarbonyl (C=S) groups is 1. The van der Waals surface area contributed by atoms with Gasteiger partial charge < -0.3 is 24.3 Å². The third-order valence-electron chi connectivity index (χ3n) is 3.25. The summed E-state index contributed by atoms with van der Waals surface area (Å²) in [5.74, 6) is 1.13. The summed E-state index contributed by atoms with van der Waals surface area (Å²) in [6.07, 6.45) is 0.0762. The summed E-state index contributed by atoms with van der Waals surface area (Å²) >= 11 is 5.09. The number of hydrogen-bond acceptors (Lipinski definition) is 6. The van der Waals surface area contributed by atoms with E-state index in [9.17, 15) is 4.79 Å². The first-order valence-electron chi connectivity index (χ1n) is 7.58. The van der Waals surface area contributed by atoms with E-state index in [1.54, 1.807) is 19.2 Å². The Hall–Kier alpha value is -2.26. The molecule has 1 atom stereocenters. The molecule has 0 fully saturated rings. The van der Waals surface area contributed by atoms with Crippen molar-refractivity contribution in [3.63, 3.8) is 0 Å². The highest BCUT2D eigenvalue weighted by molar-refractivity contribution is 7.80. The molecular weight excluding hydrogens is 346 g/mol. The molecule has 0 unspecified atom stereocenters. The molecule has 140 valence electrons. The highest BCUT2D eigenvalue weighted by Gasteiger charge is 2.18. The van der Waals surface area contributed by atoms with E-state index in [2.05, 4.69) is 16.2 Å². The monoisotopic (exact) mass is 371 g/mol. The molecule has 0 bridgehead atoms. The Morgan fingerprint density at radius 1 is 1.08 bits per heavy atom. The number of carbonyl (C=O) groups excluding carboxylic acids is 1. The van der Waals surface area contributed by atoms with Crippen molar-refractivity contribution in [1.82, 2.24) is 16.2 Å². The summed E-state index contributed by atoms with van der Waals surface area (Å²) in [6, 6.07) is 3.49. The van der Waals surface area contributed by atoms with Crippen LogP contribution in [0.2, 0.25) is 0 Å². The van der Waals surface area contributed by atoms with Crippen LogP contribution < -0.4 is 30.4 Å². The Morgan fingerprint density at radius 2 is 1.76 bits per heavy atom. The van der Waals surface area contributed by atoms with Crippen molar-refractivity contribution in [2.45, 2.75) is 19.4 Å². The van der Waals surface area contributed by atoms with Crippen molar-refractivity contribution >= 4 is 23.2 Å². The molecule has 8 nitrogen and oxygen atoms in total. The molecule has 0 aliphatic rings. The zero-order valence-corrected chi connectivity index (χ0v) is 15.9. The van der Waals surface area contributed by atoms with Gasteiger partial charge in [-0.15, -0.1) is 0 Å². The number of ether oxygens (including phenoxy) is 4. The Bertz CT molecular complexity index is 597. The quantitative estimate of drug-likeness (QED) is 0.456. The SMILES string of the molecule is COC[C@H](C)NC(=S)NNC(=O)Cc1ccc(OC)c(OC)c1OC. The van der Waals surface area contributed by atoms with E-state index >= 15 is 0 Å². The van der Waals surface area contributed by atoms with Crippen LogP contribution in [0.3, 0.4) is 0 Å². The summed E-state index contributed by atoms with van der Waals surface area (Å²) in [5.41, 5.74) is 5.84. The minimum atomic E-state index is -0.283. The molecule has 1 rings (SSSR count). The van der Waals surface area contributed by atoms with Crippen molar-refractivity contribution in [3.8, 4) is 17.2 Å². The van der Waals surface area contributed by atoms with Gasteiger partial charge in [0.1, 0.15) is 0 Å². The fourth-order valence-electron chi connectivity index (χ4n) is 2.20. The van der Waals surface area contributed by atoms with Gasteiger partial charge in [-0.1, -0.05) is 6.07 Å². The molecular formula is C16H25N3O5S. The van der Waals surface area contributed by atoms with Crippen LogP contribution in [-0.2, 0) is 16.0 Å². The second-order valence-electron chi connectivity index (χ2n) is 5.17. The van der Waals surface area contributed by atoms with E-state index < -0.39 is 0 Å². The summed E-state index contributed by atoms with van der Waals surface area (Å²) in [5, 5.41) is 3.28. The van der Waals surface area contributed by atoms with Gasteiger partial charge in [0.2, 0.25) is 11.7 Å². The predicted octanol–water partition coefficient (Wildman–Crippen LogP) is 0.785. The Kier molecular flexibility index (Phi) is 8.79. The molecule has 1 aromatic carbocycles. The first kappa shape index (κ1) is 20.8. The fourth-order valence-corrected chi connectivity index (χ4v) is 2.45. The maximum absolute atomic E-state index is 12.1. The lowest BCUT2D eigenvalue weighted by Crippen LogP contribution is -2.50. The van der Waals surface area contributed by atoms with E-state index in [0.29, 0.717) is 34.5 Å². The number of nitrogens with one attached hydrogen (secondary N) is 3. The van der Waals surface area contributed by atoms with Gasteiger partial charge in [-0.25, -0.2) is 0 Å². The molecule has 1 aromatic rings. The van der Waals surface area contributed by atoms with Crippen molar-refractivity contribution in [1.29, 1.82) is 0 Å². The molecule has 1 amide bonds. The summed E-state index contributed by atoms with van der Waals surface area (Å²) in [6.45, 7) is 2.41. The molecule has 3 N–H and O–H groups in total. The van der Waals surface area contributed by atoms with Crippen molar-refractivity contribution in [2.24, 2.45) is 0 Å². The number of hydrogen-bond donors (Lipinski definition) is 3. The third-order valence-corrected chi connectivity index (χ3v) is 3.47. The molecule has 0 radical (unpaired) electrons. The summed E-state index contributed by atoms with van der Waals surface area (Å²) in [7, 11) is 6.16. The number of amides is 1. The highest BCUT2D eigenvalue weighted by Crippen LogP contribution is 2.39. The van der Waals surface area contributed by atoms with Gasteiger partial charge >= 0.3 is 0 Å². The number of methoxy groups -OCH3 is 4. The average Bonchev–Trinajstić information content (AvgIpc) is 2.59. The number of benzene rings is 1. The first-order valence-corrected chi connectivity index (χ1v) is 7.99. The minimum absolute atomic E-state index is 0.0212. The summed E-state index contributed by atoms with van der Waals surface area (Å²) < 4.78 is 20.9. The van der Waals surface area contributed by atoms with Gasteiger partial charge in [0.25, 0.3) is 0 Å². The molecule has 0 aromatic heterocycles. The topological polar surface area (TPSA) is 90.1 Å². The molecule has 9 heteroatoms. The normalized spacial score (nSPS) is 11.2. The van der Waals surface area contributed by atoms with E-state index in [1.807, 2.05) is 6.92 Å². The highest BCUT2D eigenvalue weighted by atomic mass is 32.1. The standard InChI is InChI=1S/C16H25N3O5S/c1-10(9-21-2)17-16(25)19-18-13(20)8-11-6-7-12(22-3)15(24-5)14(11)23-4/h6-7,10H,8-9H2,1-5H3,(H,18,20)(H2,17,19,25)/t10-/m0/s1. The van der Waals surface area contributed by atoms with E-state index in [1.165, 1.54) is 21.3 Å². The van der Waals surface area contributed by atoms with Crippen molar-refractivity contribution in [3.05, 3.63) is 17.7 Å². The van der Waals surface area contributed by atoms with Crippen LogP contribution in [0, 0.1) is 0 Å². The number of carbonyl (C=O) groups is 1. The maximum atomic E-state index is 12.1. The first-order chi connectivity index (χ1) is 12.0. The Labute approximate surface area is 153 Å². The lowest BCUT2D eigenvalue weighted by molar-refractivity contribution is -0.121. The predicted molar refractivity (Wildman–Crippen MR) is 98.2 cm³/mol.